The van der Waals surface area contributed by atoms with E-state index in [0.717, 1.165) is 54.8 Å². The summed E-state index contributed by atoms with van der Waals surface area (Å²) >= 11 is 1.79. The second kappa shape index (κ2) is 9.80. The summed E-state index contributed by atoms with van der Waals surface area (Å²) in [5, 5.41) is 9.11. The molecule has 0 bridgehead atoms. The summed E-state index contributed by atoms with van der Waals surface area (Å²) in [6.45, 7) is 0. The quantitative estimate of drug-likeness (QED) is 0.188. The lowest BCUT2D eigenvalue weighted by atomic mass is 9.97. The Morgan fingerprint density at radius 3 is 1.83 bits per heavy atom. The van der Waals surface area contributed by atoms with E-state index in [-0.39, 0.29) is 0 Å². The Labute approximate surface area is 267 Å². The Bertz CT molecular complexity index is 2830. The van der Waals surface area contributed by atoms with Gasteiger partial charge < -0.3 is 4.42 Å². The minimum Gasteiger partial charge on any atom is -0.455 e. The molecule has 0 amide bonds. The highest BCUT2D eigenvalue weighted by atomic mass is 32.1. The van der Waals surface area contributed by atoms with Crippen molar-refractivity contribution < 1.29 is 4.42 Å². The highest BCUT2D eigenvalue weighted by Gasteiger charge is 2.21. The fraction of sp³-hybridized carbons (Fsp3) is 0. The molecule has 0 aliphatic heterocycles. The van der Waals surface area contributed by atoms with Gasteiger partial charge in [0, 0.05) is 47.5 Å². The molecule has 214 valence electrons. The van der Waals surface area contributed by atoms with Gasteiger partial charge in [0.05, 0.1) is 5.56 Å². The molecule has 0 atom stereocenters. The number of furan rings is 1. The van der Waals surface area contributed by atoms with Crippen molar-refractivity contribution in [2.75, 3.05) is 0 Å². The second-order valence-corrected chi connectivity index (χ2v) is 12.6. The van der Waals surface area contributed by atoms with Crippen LogP contribution in [0.15, 0.2) is 144 Å². The molecule has 0 aliphatic carbocycles. The maximum atomic E-state index is 6.47. The van der Waals surface area contributed by atoms with Gasteiger partial charge in [0.2, 0.25) is 0 Å². The summed E-state index contributed by atoms with van der Waals surface area (Å²) < 4.78 is 8.92. The molecule has 3 heterocycles. The average Bonchev–Trinajstić information content (AvgIpc) is 3.70. The lowest BCUT2D eigenvalue weighted by molar-refractivity contribution is 0.669. The van der Waals surface area contributed by atoms with Crippen molar-refractivity contribution >= 4 is 75.0 Å². The van der Waals surface area contributed by atoms with Crippen LogP contribution in [0.25, 0.3) is 97.8 Å². The van der Waals surface area contributed by atoms with Crippen molar-refractivity contribution in [1.82, 2.24) is 15.0 Å². The average molecular weight is 606 g/mol. The Morgan fingerprint density at radius 1 is 0.391 bits per heavy atom. The van der Waals surface area contributed by atoms with Gasteiger partial charge in [-0.3, -0.25) is 0 Å². The number of fused-ring (bicyclic) bond motifs is 9. The minimum atomic E-state index is 0.582. The van der Waals surface area contributed by atoms with E-state index in [1.807, 2.05) is 24.3 Å². The number of rotatable bonds is 3. The predicted octanol–water partition coefficient (Wildman–Crippen LogP) is 11.4. The minimum absolute atomic E-state index is 0.582. The van der Waals surface area contributed by atoms with Crippen LogP contribution in [-0.2, 0) is 0 Å². The number of hydrogen-bond acceptors (Lipinski definition) is 5. The zero-order valence-electron chi connectivity index (χ0n) is 24.4. The first-order valence-corrected chi connectivity index (χ1v) is 16.1. The van der Waals surface area contributed by atoms with Crippen LogP contribution < -0.4 is 0 Å². The highest BCUT2D eigenvalue weighted by Crippen LogP contribution is 2.41. The van der Waals surface area contributed by atoms with Gasteiger partial charge in [0.1, 0.15) is 11.2 Å². The number of aromatic nitrogens is 3. The van der Waals surface area contributed by atoms with Gasteiger partial charge in [-0.15, -0.1) is 11.3 Å². The molecular formula is C41H23N3OS. The third kappa shape index (κ3) is 3.76. The van der Waals surface area contributed by atoms with Crippen LogP contribution in [0, 0.1) is 0 Å². The van der Waals surface area contributed by atoms with E-state index >= 15 is 0 Å². The summed E-state index contributed by atoms with van der Waals surface area (Å²) in [5.74, 6) is 1.85. The Hall–Kier alpha value is -5.91. The first-order valence-electron chi connectivity index (χ1n) is 15.3. The molecule has 7 aromatic carbocycles. The van der Waals surface area contributed by atoms with E-state index in [0.29, 0.717) is 17.5 Å². The fourth-order valence-corrected chi connectivity index (χ4v) is 8.00. The summed E-state index contributed by atoms with van der Waals surface area (Å²) in [5.41, 5.74) is 4.41. The standard InChI is InChI=1S/C41H23N3OS/c1-2-12-26-24(10-1)22-23-25-11-7-16-30(36(25)26)39-42-40(31-17-9-21-35-37(31)29-14-4-6-20-34(29)46-35)44-41(43-39)32-18-8-15-28-27-13-3-5-19-33(27)45-38(28)32/h1-23H. The topological polar surface area (TPSA) is 51.8 Å². The van der Waals surface area contributed by atoms with Crippen LogP contribution in [0.1, 0.15) is 0 Å². The van der Waals surface area contributed by atoms with E-state index in [2.05, 4.69) is 115 Å². The van der Waals surface area contributed by atoms with Gasteiger partial charge in [-0.2, -0.15) is 0 Å². The molecule has 3 aromatic heterocycles. The zero-order chi connectivity index (χ0) is 30.2. The number of hydrogen-bond donors (Lipinski definition) is 0. The van der Waals surface area contributed by atoms with Gasteiger partial charge in [0.15, 0.2) is 17.5 Å². The van der Waals surface area contributed by atoms with Gasteiger partial charge >= 0.3 is 0 Å². The summed E-state index contributed by atoms with van der Waals surface area (Å²) in [7, 11) is 0. The van der Waals surface area contributed by atoms with Crippen LogP contribution in [0.3, 0.4) is 0 Å². The molecule has 0 saturated heterocycles. The van der Waals surface area contributed by atoms with Crippen molar-refractivity contribution in [3.63, 3.8) is 0 Å². The van der Waals surface area contributed by atoms with E-state index in [1.54, 1.807) is 11.3 Å². The summed E-state index contributed by atoms with van der Waals surface area (Å²) in [6, 6.07) is 48.5. The maximum absolute atomic E-state index is 6.47. The largest absolute Gasteiger partial charge is 0.455 e. The van der Waals surface area contributed by atoms with Crippen LogP contribution in [0.4, 0.5) is 0 Å². The van der Waals surface area contributed by atoms with Crippen LogP contribution in [-0.4, -0.2) is 15.0 Å². The number of nitrogens with zero attached hydrogens (tertiary/aromatic N) is 3. The third-order valence-corrected chi connectivity index (χ3v) is 10.1. The Balaban J connectivity index is 1.32. The normalized spacial score (nSPS) is 11.9. The lowest BCUT2D eigenvalue weighted by Crippen LogP contribution is -2.01. The van der Waals surface area contributed by atoms with Gasteiger partial charge in [-0.05, 0) is 40.4 Å². The zero-order valence-corrected chi connectivity index (χ0v) is 25.3. The fourth-order valence-electron chi connectivity index (χ4n) is 6.87. The molecular weight excluding hydrogens is 583 g/mol. The van der Waals surface area contributed by atoms with Crippen molar-refractivity contribution in [3.8, 4) is 34.2 Å². The van der Waals surface area contributed by atoms with Crippen LogP contribution >= 0.6 is 11.3 Å². The van der Waals surface area contributed by atoms with E-state index in [1.165, 1.54) is 25.6 Å². The molecule has 5 heteroatoms. The van der Waals surface area contributed by atoms with E-state index < -0.39 is 0 Å². The van der Waals surface area contributed by atoms with Crippen molar-refractivity contribution in [3.05, 3.63) is 140 Å². The molecule has 4 nitrogen and oxygen atoms in total. The Morgan fingerprint density at radius 2 is 0.957 bits per heavy atom. The van der Waals surface area contributed by atoms with Crippen molar-refractivity contribution in [2.45, 2.75) is 0 Å². The van der Waals surface area contributed by atoms with Crippen LogP contribution in [0.5, 0.6) is 0 Å². The molecule has 0 aliphatic rings. The maximum Gasteiger partial charge on any atom is 0.167 e. The van der Waals surface area contributed by atoms with Gasteiger partial charge in [-0.1, -0.05) is 115 Å². The molecule has 0 radical (unpaired) electrons. The predicted molar refractivity (Wildman–Crippen MR) is 191 cm³/mol. The molecule has 0 spiro atoms. The summed E-state index contributed by atoms with van der Waals surface area (Å²) in [6.07, 6.45) is 0. The second-order valence-electron chi connectivity index (χ2n) is 11.6. The van der Waals surface area contributed by atoms with E-state index in [9.17, 15) is 0 Å². The SMILES string of the molecule is c1ccc2c(c1)ccc1cccc(-c3nc(-c4cccc5c4oc4ccccc45)nc(-c4cccc5sc6ccccc6c45)n3)c12. The monoisotopic (exact) mass is 605 g/mol. The molecule has 0 unspecified atom stereocenters. The highest BCUT2D eigenvalue weighted by molar-refractivity contribution is 7.25. The van der Waals surface area contributed by atoms with Gasteiger partial charge in [-0.25, -0.2) is 15.0 Å². The third-order valence-electron chi connectivity index (χ3n) is 8.93. The first-order chi connectivity index (χ1) is 22.8. The number of thiophene rings is 1. The van der Waals surface area contributed by atoms with Crippen LogP contribution in [0.2, 0.25) is 0 Å². The molecule has 10 rings (SSSR count). The van der Waals surface area contributed by atoms with Crippen molar-refractivity contribution in [1.29, 1.82) is 0 Å². The molecule has 0 fully saturated rings. The van der Waals surface area contributed by atoms with Crippen molar-refractivity contribution in [2.24, 2.45) is 0 Å². The molecule has 46 heavy (non-hydrogen) atoms. The number of benzene rings is 7. The smallest absolute Gasteiger partial charge is 0.167 e. The number of para-hydroxylation sites is 2. The lowest BCUT2D eigenvalue weighted by Gasteiger charge is -2.12. The molecule has 10 aromatic rings. The van der Waals surface area contributed by atoms with Gasteiger partial charge in [0.25, 0.3) is 0 Å². The first kappa shape index (κ1) is 25.4. The van der Waals surface area contributed by atoms with E-state index in [4.69, 9.17) is 19.4 Å². The summed E-state index contributed by atoms with van der Waals surface area (Å²) in [4.78, 5) is 15.7. The molecule has 0 N–H and O–H groups in total. The Kier molecular flexibility index (Phi) is 5.41. The molecule has 0 saturated carbocycles.